The van der Waals surface area contributed by atoms with Gasteiger partial charge in [0.05, 0.1) is 17.1 Å². The predicted octanol–water partition coefficient (Wildman–Crippen LogP) is 7.78. The van der Waals surface area contributed by atoms with Gasteiger partial charge in [-0.3, -0.25) is 4.79 Å². The fourth-order valence-electron chi connectivity index (χ4n) is 6.46. The monoisotopic (exact) mass is 726 g/mol. The number of carboxylic acid groups (broad SMARTS) is 1. The van der Waals surface area contributed by atoms with Gasteiger partial charge in [0.25, 0.3) is 0 Å². The number of carbonyl (C=O) groups excluding carboxylic acids is 1. The van der Waals surface area contributed by atoms with Crippen LogP contribution < -0.4 is 5.32 Å². The molecule has 268 valence electrons. The van der Waals surface area contributed by atoms with Crippen LogP contribution in [0, 0.1) is 23.4 Å². The van der Waals surface area contributed by atoms with E-state index in [1.54, 1.807) is 28.8 Å². The quantitative estimate of drug-likeness (QED) is 0.243. The first-order valence-corrected chi connectivity index (χ1v) is 15.5. The van der Waals surface area contributed by atoms with Gasteiger partial charge in [0.15, 0.2) is 0 Å². The lowest BCUT2D eigenvalue weighted by Crippen LogP contribution is -2.44. The van der Waals surface area contributed by atoms with Crippen LogP contribution in [0.1, 0.15) is 62.1 Å². The predicted molar refractivity (Wildman–Crippen MR) is 160 cm³/mol. The van der Waals surface area contributed by atoms with E-state index >= 15 is 0 Å². The number of amides is 1. The molecule has 2 aromatic carbocycles. The molecule has 0 radical (unpaired) electrons. The first-order valence-electron chi connectivity index (χ1n) is 15.1. The molecule has 1 aliphatic heterocycles. The van der Waals surface area contributed by atoms with Crippen LogP contribution in [0.25, 0.3) is 5.69 Å². The number of alkyl halides is 6. The molecule has 1 aliphatic carbocycles. The maximum Gasteiger partial charge on any atom is 0.490 e. The molecule has 2 heterocycles. The van der Waals surface area contributed by atoms with E-state index in [2.05, 4.69) is 10.4 Å². The van der Waals surface area contributed by atoms with Crippen molar-refractivity contribution in [2.75, 3.05) is 19.6 Å². The summed E-state index contributed by atoms with van der Waals surface area (Å²) in [5.74, 6) is -6.24. The van der Waals surface area contributed by atoms with Crippen molar-refractivity contribution in [2.45, 2.75) is 68.8 Å². The third-order valence-corrected chi connectivity index (χ3v) is 9.04. The van der Waals surface area contributed by atoms with Gasteiger partial charge in [0.1, 0.15) is 17.5 Å². The van der Waals surface area contributed by atoms with E-state index in [0.29, 0.717) is 31.6 Å². The smallest absolute Gasteiger partial charge is 0.475 e. The molecule has 1 amide bonds. The number of likely N-dealkylation sites (tertiary alicyclic amines) is 1. The summed E-state index contributed by atoms with van der Waals surface area (Å²) in [6.07, 6.45) is -7.08. The Balaban J connectivity index is 0.000000698. The summed E-state index contributed by atoms with van der Waals surface area (Å²) in [4.78, 5) is 24.5. The molecular formula is C32H32ClF9N4O3. The fraction of sp³-hybridized carbons (Fsp3) is 0.469. The van der Waals surface area contributed by atoms with E-state index in [1.807, 2.05) is 6.07 Å². The maximum absolute atomic E-state index is 14.9. The maximum atomic E-state index is 14.9. The second-order valence-electron chi connectivity index (χ2n) is 12.3. The van der Waals surface area contributed by atoms with Crippen molar-refractivity contribution in [2.24, 2.45) is 5.92 Å². The molecule has 1 aromatic heterocycles. The molecule has 0 unspecified atom stereocenters. The topological polar surface area (TPSA) is 87.5 Å². The van der Waals surface area contributed by atoms with Gasteiger partial charge >= 0.3 is 18.3 Å². The van der Waals surface area contributed by atoms with Crippen LogP contribution in [0.5, 0.6) is 0 Å². The van der Waals surface area contributed by atoms with E-state index in [4.69, 9.17) is 21.5 Å². The lowest BCUT2D eigenvalue weighted by molar-refractivity contribution is -0.192. The highest BCUT2D eigenvalue weighted by Gasteiger charge is 2.48. The number of aromatic nitrogens is 2. The number of carbonyl (C=O) groups is 2. The molecule has 3 atom stereocenters. The number of carboxylic acids is 1. The number of nitrogens with zero attached hydrogens (tertiary/aromatic N) is 3. The molecule has 0 bridgehead atoms. The third kappa shape index (κ3) is 9.68. The van der Waals surface area contributed by atoms with Crippen LogP contribution in [0.15, 0.2) is 48.7 Å². The second-order valence-corrected chi connectivity index (χ2v) is 12.7. The Morgan fingerprint density at radius 1 is 0.980 bits per heavy atom. The van der Waals surface area contributed by atoms with E-state index in [1.165, 1.54) is 18.2 Å². The highest BCUT2D eigenvalue weighted by atomic mass is 35.5. The molecule has 7 nitrogen and oxygen atoms in total. The SMILES string of the molecule is C[C@@]1(NCCC(F)(F)F)C[C@@H](C(=O)N2CCC(c3ccnn3-c3ccc(F)c(Cl)c3)CC2)[C@H](c2ccc(F)cc2F)C1.O=C(O)C(F)(F)F. The van der Waals surface area contributed by atoms with Crippen LogP contribution in [0.2, 0.25) is 5.02 Å². The minimum Gasteiger partial charge on any atom is -0.475 e. The molecule has 17 heteroatoms. The molecule has 49 heavy (non-hydrogen) atoms. The Morgan fingerprint density at radius 2 is 1.63 bits per heavy atom. The number of halogens is 10. The summed E-state index contributed by atoms with van der Waals surface area (Å²) < 4.78 is 114. The lowest BCUT2D eigenvalue weighted by Gasteiger charge is -2.35. The molecule has 2 fully saturated rings. The first kappa shape index (κ1) is 38.0. The van der Waals surface area contributed by atoms with Gasteiger partial charge < -0.3 is 15.3 Å². The molecule has 0 spiro atoms. The van der Waals surface area contributed by atoms with Crippen LogP contribution in [0.3, 0.4) is 0 Å². The van der Waals surface area contributed by atoms with Crippen molar-refractivity contribution in [3.63, 3.8) is 0 Å². The third-order valence-electron chi connectivity index (χ3n) is 8.75. The van der Waals surface area contributed by atoms with Crippen molar-refractivity contribution in [3.05, 3.63) is 82.4 Å². The molecule has 3 aromatic rings. The average molecular weight is 727 g/mol. The van der Waals surface area contributed by atoms with Gasteiger partial charge in [0.2, 0.25) is 5.91 Å². The molecule has 5 rings (SSSR count). The lowest BCUT2D eigenvalue weighted by atomic mass is 9.86. The molecule has 1 saturated heterocycles. The highest BCUT2D eigenvalue weighted by Crippen LogP contribution is 2.47. The highest BCUT2D eigenvalue weighted by molar-refractivity contribution is 6.30. The zero-order valence-corrected chi connectivity index (χ0v) is 26.6. The number of nitrogens with one attached hydrogen (secondary N) is 1. The van der Waals surface area contributed by atoms with Gasteiger partial charge in [-0.05, 0) is 68.5 Å². The molecule has 2 N–H and O–H groups in total. The fourth-order valence-corrected chi connectivity index (χ4v) is 6.64. The van der Waals surface area contributed by atoms with Crippen molar-refractivity contribution in [1.82, 2.24) is 20.0 Å². The average Bonchev–Trinajstić information content (AvgIpc) is 3.63. The number of benzene rings is 2. The zero-order chi connectivity index (χ0) is 36.3. The second kappa shape index (κ2) is 15.0. The summed E-state index contributed by atoms with van der Waals surface area (Å²) in [5.41, 5.74) is 0.872. The van der Waals surface area contributed by atoms with Crippen LogP contribution in [-0.2, 0) is 9.59 Å². The molecular weight excluding hydrogens is 695 g/mol. The van der Waals surface area contributed by atoms with Gasteiger partial charge in [0, 0.05) is 60.9 Å². The van der Waals surface area contributed by atoms with E-state index < -0.39 is 59.6 Å². The number of aliphatic carboxylic acids is 1. The summed E-state index contributed by atoms with van der Waals surface area (Å²) >= 11 is 5.97. The largest absolute Gasteiger partial charge is 0.490 e. The Kier molecular flexibility index (Phi) is 11.6. The molecule has 1 saturated carbocycles. The Morgan fingerprint density at radius 3 is 2.20 bits per heavy atom. The van der Waals surface area contributed by atoms with Crippen molar-refractivity contribution in [3.8, 4) is 5.69 Å². The standard InChI is InChI=1S/C30H31ClF6N4O.C2HF3O2/c1-29(38-11-9-30(35,36)37)16-22(21-4-2-19(32)14-26(21)34)23(17-29)28(42)40-12-7-18(8-13-40)27-6-10-39-41(27)20-3-5-25(33)24(31)15-20;3-2(4,5)1(6)7/h2-6,10,14-15,18,22-23,38H,7-9,11-13,16-17H2,1H3;(H,6,7)/t22-,23+,29-;/m0./s1. The van der Waals surface area contributed by atoms with Gasteiger partial charge in [-0.15, -0.1) is 0 Å². The minimum absolute atomic E-state index is 0.0158. The van der Waals surface area contributed by atoms with Crippen molar-refractivity contribution < 1.29 is 54.2 Å². The van der Waals surface area contributed by atoms with Crippen LogP contribution in [-0.4, -0.2) is 69.2 Å². The minimum atomic E-state index is -5.08. The first-order chi connectivity index (χ1) is 22.8. The number of hydrogen-bond acceptors (Lipinski definition) is 4. The Hall–Kier alpha value is -3.79. The number of rotatable bonds is 7. The summed E-state index contributed by atoms with van der Waals surface area (Å²) in [6.45, 7) is 2.27. The van der Waals surface area contributed by atoms with Crippen LogP contribution in [0.4, 0.5) is 39.5 Å². The number of hydrogen-bond donors (Lipinski definition) is 2. The summed E-state index contributed by atoms with van der Waals surface area (Å²) in [7, 11) is 0. The van der Waals surface area contributed by atoms with Crippen molar-refractivity contribution >= 4 is 23.5 Å². The van der Waals surface area contributed by atoms with E-state index in [0.717, 1.165) is 17.8 Å². The Bertz CT molecular complexity index is 1640. The normalized spacial score (nSPS) is 21.7. The number of piperidine rings is 1. The van der Waals surface area contributed by atoms with E-state index in [9.17, 15) is 44.3 Å². The summed E-state index contributed by atoms with van der Waals surface area (Å²) in [5, 5.41) is 14.4. The van der Waals surface area contributed by atoms with Crippen LogP contribution >= 0.6 is 11.6 Å². The van der Waals surface area contributed by atoms with Gasteiger partial charge in [-0.1, -0.05) is 17.7 Å². The summed E-state index contributed by atoms with van der Waals surface area (Å²) in [6, 6.07) is 9.47. The van der Waals surface area contributed by atoms with Gasteiger partial charge in [-0.2, -0.15) is 31.4 Å². The van der Waals surface area contributed by atoms with Gasteiger partial charge in [-0.25, -0.2) is 22.6 Å². The van der Waals surface area contributed by atoms with E-state index in [-0.39, 0.29) is 41.8 Å². The van der Waals surface area contributed by atoms with Crippen molar-refractivity contribution in [1.29, 1.82) is 0 Å². The Labute approximate surface area is 280 Å². The zero-order valence-electron chi connectivity index (χ0n) is 25.9. The molecule has 2 aliphatic rings.